The Morgan fingerprint density at radius 1 is 1.41 bits per heavy atom. The second kappa shape index (κ2) is 4.45. The Morgan fingerprint density at radius 2 is 2.12 bits per heavy atom. The van der Waals surface area contributed by atoms with E-state index in [0.717, 1.165) is 0 Å². The molecule has 0 atom stereocenters. The third-order valence-corrected chi connectivity index (χ3v) is 2.05. The molecule has 1 aromatic carbocycles. The lowest BCUT2D eigenvalue weighted by atomic mass is 10.2. The van der Waals surface area contributed by atoms with Crippen molar-refractivity contribution in [3.8, 4) is 6.07 Å². The SMILES string of the molecule is N#Cc1cc(NC(=O)c2ccc(F)cc2)n[nH]1. The average molecular weight is 230 g/mol. The largest absolute Gasteiger partial charge is 0.305 e. The first-order valence-corrected chi connectivity index (χ1v) is 4.71. The molecule has 17 heavy (non-hydrogen) atoms. The number of nitrogens with zero attached hydrogens (tertiary/aromatic N) is 2. The number of H-pyrrole nitrogens is 1. The Hall–Kier alpha value is -2.68. The number of carbonyl (C=O) groups is 1. The van der Waals surface area contributed by atoms with Crippen molar-refractivity contribution in [3.63, 3.8) is 0 Å². The van der Waals surface area contributed by atoms with Crippen LogP contribution in [0.5, 0.6) is 0 Å². The van der Waals surface area contributed by atoms with Crippen molar-refractivity contribution in [1.82, 2.24) is 10.2 Å². The first kappa shape index (κ1) is 10.8. The molecule has 2 N–H and O–H groups in total. The maximum Gasteiger partial charge on any atom is 0.256 e. The number of anilines is 1. The predicted octanol–water partition coefficient (Wildman–Crippen LogP) is 1.67. The van der Waals surface area contributed by atoms with Gasteiger partial charge in [-0.25, -0.2) is 4.39 Å². The minimum atomic E-state index is -0.416. The number of halogens is 1. The number of aromatic amines is 1. The van der Waals surface area contributed by atoms with Crippen LogP contribution in [0.3, 0.4) is 0 Å². The van der Waals surface area contributed by atoms with E-state index < -0.39 is 11.7 Å². The van der Waals surface area contributed by atoms with Gasteiger partial charge in [0.1, 0.15) is 17.6 Å². The van der Waals surface area contributed by atoms with E-state index in [4.69, 9.17) is 5.26 Å². The van der Waals surface area contributed by atoms with Crippen LogP contribution >= 0.6 is 0 Å². The van der Waals surface area contributed by atoms with Crippen molar-refractivity contribution in [2.75, 3.05) is 5.32 Å². The summed E-state index contributed by atoms with van der Waals surface area (Å²) in [5.41, 5.74) is 0.562. The summed E-state index contributed by atoms with van der Waals surface area (Å²) < 4.78 is 12.6. The fourth-order valence-electron chi connectivity index (χ4n) is 1.23. The summed E-state index contributed by atoms with van der Waals surface area (Å²) in [7, 11) is 0. The summed E-state index contributed by atoms with van der Waals surface area (Å²) in [4.78, 5) is 11.7. The summed E-state index contributed by atoms with van der Waals surface area (Å²) in [5, 5.41) is 17.2. The number of rotatable bonds is 2. The van der Waals surface area contributed by atoms with E-state index >= 15 is 0 Å². The van der Waals surface area contributed by atoms with Crippen LogP contribution in [0, 0.1) is 17.1 Å². The van der Waals surface area contributed by atoms with E-state index in [1.165, 1.54) is 30.3 Å². The van der Waals surface area contributed by atoms with E-state index in [9.17, 15) is 9.18 Å². The van der Waals surface area contributed by atoms with Gasteiger partial charge in [0.25, 0.3) is 5.91 Å². The minimum Gasteiger partial charge on any atom is -0.305 e. The van der Waals surface area contributed by atoms with E-state index in [1.54, 1.807) is 0 Å². The van der Waals surface area contributed by atoms with E-state index in [0.29, 0.717) is 5.56 Å². The maximum absolute atomic E-state index is 12.6. The fraction of sp³-hybridized carbons (Fsp3) is 0. The standard InChI is InChI=1S/C11H7FN4O/c12-8-3-1-7(2-4-8)11(17)14-10-5-9(6-13)15-16-10/h1-5H,(H2,14,15,16,17). The molecule has 0 saturated heterocycles. The van der Waals surface area contributed by atoms with Gasteiger partial charge < -0.3 is 5.32 Å². The zero-order valence-electron chi connectivity index (χ0n) is 8.57. The highest BCUT2D eigenvalue weighted by atomic mass is 19.1. The highest BCUT2D eigenvalue weighted by molar-refractivity contribution is 6.03. The Labute approximate surface area is 95.9 Å². The molecule has 5 nitrogen and oxygen atoms in total. The van der Waals surface area contributed by atoms with Crippen molar-refractivity contribution in [3.05, 3.63) is 47.4 Å². The normalized spacial score (nSPS) is 9.65. The van der Waals surface area contributed by atoms with Crippen LogP contribution in [0.15, 0.2) is 30.3 Å². The molecule has 0 aliphatic heterocycles. The van der Waals surface area contributed by atoms with Crippen LogP contribution in [0.1, 0.15) is 16.1 Å². The van der Waals surface area contributed by atoms with Gasteiger partial charge in [-0.15, -0.1) is 0 Å². The molecular formula is C11H7FN4O. The summed E-state index contributed by atoms with van der Waals surface area (Å²) in [6.07, 6.45) is 0. The molecule has 0 aliphatic carbocycles. The molecule has 0 unspecified atom stereocenters. The molecule has 0 radical (unpaired) electrons. The second-order valence-electron chi connectivity index (χ2n) is 3.24. The molecule has 0 spiro atoms. The Balaban J connectivity index is 2.11. The van der Waals surface area contributed by atoms with Crippen LogP contribution in [0.4, 0.5) is 10.2 Å². The zero-order valence-corrected chi connectivity index (χ0v) is 8.57. The second-order valence-corrected chi connectivity index (χ2v) is 3.24. The molecule has 6 heteroatoms. The zero-order chi connectivity index (χ0) is 12.3. The summed E-state index contributed by atoms with van der Waals surface area (Å²) >= 11 is 0. The molecular weight excluding hydrogens is 223 g/mol. The van der Waals surface area contributed by atoms with Crippen molar-refractivity contribution >= 4 is 11.7 Å². The van der Waals surface area contributed by atoms with Gasteiger partial charge in [-0.2, -0.15) is 10.4 Å². The quantitative estimate of drug-likeness (QED) is 0.823. The van der Waals surface area contributed by atoms with Crippen molar-refractivity contribution in [1.29, 1.82) is 5.26 Å². The summed E-state index contributed by atoms with van der Waals surface area (Å²) in [6.45, 7) is 0. The van der Waals surface area contributed by atoms with Gasteiger partial charge in [-0.1, -0.05) is 0 Å². The highest BCUT2D eigenvalue weighted by Crippen LogP contribution is 2.08. The molecule has 1 heterocycles. The van der Waals surface area contributed by atoms with E-state index in [1.807, 2.05) is 6.07 Å². The Bertz CT molecular complexity index is 582. The van der Waals surface area contributed by atoms with Crippen LogP contribution in [0.25, 0.3) is 0 Å². The van der Waals surface area contributed by atoms with Crippen LogP contribution in [0.2, 0.25) is 0 Å². The molecule has 1 amide bonds. The number of hydrogen-bond donors (Lipinski definition) is 2. The molecule has 84 valence electrons. The number of nitrogens with one attached hydrogen (secondary N) is 2. The van der Waals surface area contributed by atoms with Gasteiger partial charge in [0.15, 0.2) is 5.82 Å². The average Bonchev–Trinajstić information content (AvgIpc) is 2.77. The van der Waals surface area contributed by atoms with Crippen LogP contribution in [-0.4, -0.2) is 16.1 Å². The summed E-state index contributed by atoms with van der Waals surface area (Å²) in [5.74, 6) is -0.579. The fourth-order valence-corrected chi connectivity index (χ4v) is 1.23. The van der Waals surface area contributed by atoms with Gasteiger partial charge in [-0.05, 0) is 24.3 Å². The number of nitriles is 1. The van der Waals surface area contributed by atoms with Crippen molar-refractivity contribution in [2.24, 2.45) is 0 Å². The third-order valence-electron chi connectivity index (χ3n) is 2.05. The topological polar surface area (TPSA) is 81.6 Å². The molecule has 2 rings (SSSR count). The first-order chi connectivity index (χ1) is 8.19. The molecule has 0 fully saturated rings. The minimum absolute atomic E-state index is 0.246. The van der Waals surface area contributed by atoms with E-state index in [2.05, 4.69) is 15.5 Å². The Morgan fingerprint density at radius 3 is 2.71 bits per heavy atom. The van der Waals surface area contributed by atoms with Gasteiger partial charge in [0, 0.05) is 11.6 Å². The maximum atomic E-state index is 12.6. The molecule has 0 bridgehead atoms. The smallest absolute Gasteiger partial charge is 0.256 e. The summed E-state index contributed by atoms with van der Waals surface area (Å²) in [6, 6.07) is 8.37. The number of benzene rings is 1. The van der Waals surface area contributed by atoms with Gasteiger partial charge >= 0.3 is 0 Å². The number of hydrogen-bond acceptors (Lipinski definition) is 3. The first-order valence-electron chi connectivity index (χ1n) is 4.71. The van der Waals surface area contributed by atoms with Gasteiger partial charge in [-0.3, -0.25) is 9.89 Å². The molecule has 0 aliphatic rings. The lowest BCUT2D eigenvalue weighted by molar-refractivity contribution is 0.102. The van der Waals surface area contributed by atoms with Crippen molar-refractivity contribution < 1.29 is 9.18 Å². The molecule has 0 saturated carbocycles. The number of carbonyl (C=O) groups excluding carboxylic acids is 1. The Kier molecular flexibility index (Phi) is 2.83. The molecule has 1 aromatic heterocycles. The van der Waals surface area contributed by atoms with Crippen LogP contribution < -0.4 is 5.32 Å². The van der Waals surface area contributed by atoms with Crippen molar-refractivity contribution in [2.45, 2.75) is 0 Å². The third kappa shape index (κ3) is 2.46. The highest BCUT2D eigenvalue weighted by Gasteiger charge is 2.08. The van der Waals surface area contributed by atoms with Gasteiger partial charge in [0.05, 0.1) is 0 Å². The van der Waals surface area contributed by atoms with Gasteiger partial charge in [0.2, 0.25) is 0 Å². The number of aromatic nitrogens is 2. The number of amides is 1. The lowest BCUT2D eigenvalue weighted by Gasteiger charge is -2.00. The predicted molar refractivity (Wildman–Crippen MR) is 57.7 cm³/mol. The van der Waals surface area contributed by atoms with E-state index in [-0.39, 0.29) is 11.5 Å². The monoisotopic (exact) mass is 230 g/mol. The molecule has 2 aromatic rings. The van der Waals surface area contributed by atoms with Crippen LogP contribution in [-0.2, 0) is 0 Å². The lowest BCUT2D eigenvalue weighted by Crippen LogP contribution is -2.12.